The van der Waals surface area contributed by atoms with E-state index in [0.29, 0.717) is 42.9 Å². The molecule has 0 aliphatic carbocycles. The van der Waals surface area contributed by atoms with E-state index in [1.807, 2.05) is 95.8 Å². The smallest absolute Gasteiger partial charge is 0.410 e. The summed E-state index contributed by atoms with van der Waals surface area (Å²) in [6, 6.07) is 14.4. The lowest BCUT2D eigenvalue weighted by molar-refractivity contribution is -0.148. The van der Waals surface area contributed by atoms with Crippen LogP contribution in [0.3, 0.4) is 0 Å². The number of amides is 1. The van der Waals surface area contributed by atoms with E-state index in [1.165, 1.54) is 11.1 Å². The Hall–Kier alpha value is -6.36. The number of carboxylic acids is 1. The first-order chi connectivity index (χ1) is 26.8. The summed E-state index contributed by atoms with van der Waals surface area (Å²) >= 11 is 0. The molecule has 0 saturated carbocycles. The normalized spacial score (nSPS) is 15.6. The Kier molecular flexibility index (Phi) is 13.7. The number of imidazole rings is 1. The van der Waals surface area contributed by atoms with Gasteiger partial charge in [-0.25, -0.2) is 9.78 Å². The van der Waals surface area contributed by atoms with Crippen LogP contribution < -0.4 is 17.2 Å². The summed E-state index contributed by atoms with van der Waals surface area (Å²) in [4.78, 5) is 34.6. The number of aromatic amines is 1. The molecular weight excluding hydrogens is 733 g/mol. The van der Waals surface area contributed by atoms with Gasteiger partial charge in [-0.15, -0.1) is 0 Å². The summed E-state index contributed by atoms with van der Waals surface area (Å²) in [7, 11) is 0. The van der Waals surface area contributed by atoms with E-state index < -0.39 is 17.6 Å². The van der Waals surface area contributed by atoms with Gasteiger partial charge in [-0.2, -0.15) is 0 Å². The van der Waals surface area contributed by atoms with Crippen LogP contribution in [0.1, 0.15) is 86.1 Å². The summed E-state index contributed by atoms with van der Waals surface area (Å²) in [5.41, 5.74) is 25.0. The number of fused-ring (bicyclic) bond motifs is 3. The fourth-order valence-electron chi connectivity index (χ4n) is 6.78. The molecule has 3 aromatic carbocycles. The Labute approximate surface area is 331 Å². The van der Waals surface area contributed by atoms with Crippen LogP contribution >= 0.6 is 0 Å². The second-order valence-electron chi connectivity index (χ2n) is 16.0. The highest BCUT2D eigenvalue weighted by Crippen LogP contribution is 2.30. The van der Waals surface area contributed by atoms with Crippen LogP contribution in [-0.4, -0.2) is 94.8 Å². The molecule has 2 aliphatic rings. The first-order valence-electron chi connectivity index (χ1n) is 18.3. The number of nitrogens with one attached hydrogen (secondary N) is 1. The van der Waals surface area contributed by atoms with Crippen LogP contribution in [0.4, 0.5) is 4.79 Å². The van der Waals surface area contributed by atoms with Gasteiger partial charge in [-0.1, -0.05) is 60.5 Å². The number of carbonyl (C=O) groups excluding carboxylic acids is 1. The Balaban J connectivity index is 0.000000194. The van der Waals surface area contributed by atoms with Crippen molar-refractivity contribution in [3.05, 3.63) is 99.4 Å². The number of hydrogen-bond acceptors (Lipinski definition) is 11. The number of ether oxygens (including phenoxy) is 1. The molecule has 11 N–H and O–H groups in total. The number of carboxylic acid groups (broad SMARTS) is 1. The summed E-state index contributed by atoms with van der Waals surface area (Å²) in [6.07, 6.45) is 2.87. The van der Waals surface area contributed by atoms with Crippen LogP contribution in [0.25, 0.3) is 11.0 Å². The number of H-pyrrole nitrogens is 1. The highest BCUT2D eigenvalue weighted by Gasteiger charge is 2.38. The van der Waals surface area contributed by atoms with Gasteiger partial charge in [0.05, 0.1) is 17.4 Å². The lowest BCUT2D eigenvalue weighted by Gasteiger charge is -2.40. The molecule has 1 aromatic heterocycles. The fourth-order valence-corrected chi connectivity index (χ4v) is 6.78. The molecule has 17 heteroatoms. The van der Waals surface area contributed by atoms with Crippen molar-refractivity contribution in [1.29, 1.82) is 0 Å². The van der Waals surface area contributed by atoms with E-state index in [9.17, 15) is 14.7 Å². The zero-order valence-electron chi connectivity index (χ0n) is 33.4. The van der Waals surface area contributed by atoms with Crippen molar-refractivity contribution in [2.75, 3.05) is 13.1 Å². The van der Waals surface area contributed by atoms with E-state index in [2.05, 4.69) is 25.4 Å². The molecule has 17 nitrogen and oxygen atoms in total. The molecule has 1 amide bonds. The number of benzene rings is 3. The Morgan fingerprint density at radius 2 is 1.30 bits per heavy atom. The van der Waals surface area contributed by atoms with Crippen molar-refractivity contribution in [3.63, 3.8) is 0 Å². The number of aryl methyl sites for hydroxylation is 1. The zero-order chi connectivity index (χ0) is 42.2. The third kappa shape index (κ3) is 11.1. The molecule has 57 heavy (non-hydrogen) atoms. The molecule has 4 aromatic rings. The average molecular weight is 787 g/mol. The van der Waals surface area contributed by atoms with E-state index >= 15 is 0 Å². The Morgan fingerprint density at radius 3 is 1.81 bits per heavy atom. The largest absolute Gasteiger partial charge is 0.480 e. The van der Waals surface area contributed by atoms with Crippen LogP contribution in [0.5, 0.6) is 0 Å². The van der Waals surface area contributed by atoms with Gasteiger partial charge in [-0.3, -0.25) is 9.69 Å². The molecule has 6 rings (SSSR count). The van der Waals surface area contributed by atoms with Crippen LogP contribution in [0, 0.1) is 12.3 Å². The minimum Gasteiger partial charge on any atom is -0.480 e. The number of amidine groups is 3. The number of oxime groups is 3. The fraction of sp³-hybridized carbons (Fsp3) is 0.400. The Morgan fingerprint density at radius 1 is 0.772 bits per heavy atom. The van der Waals surface area contributed by atoms with E-state index in [-0.39, 0.29) is 29.0 Å². The monoisotopic (exact) mass is 786 g/mol. The predicted molar refractivity (Wildman–Crippen MR) is 217 cm³/mol. The van der Waals surface area contributed by atoms with Crippen LogP contribution in [0.2, 0.25) is 0 Å². The number of aliphatic carboxylic acids is 1. The van der Waals surface area contributed by atoms with Gasteiger partial charge in [0.1, 0.15) is 11.6 Å². The lowest BCUT2D eigenvalue weighted by atomic mass is 9.84. The molecule has 0 saturated heterocycles. The van der Waals surface area contributed by atoms with Crippen molar-refractivity contribution < 1.29 is 35.1 Å². The maximum Gasteiger partial charge on any atom is 0.410 e. The highest BCUT2D eigenvalue weighted by molar-refractivity contribution is 6.00. The third-order valence-electron chi connectivity index (χ3n) is 9.46. The van der Waals surface area contributed by atoms with Crippen LogP contribution in [-0.2, 0) is 35.5 Å². The number of carbonyl (C=O) groups is 2. The zero-order valence-corrected chi connectivity index (χ0v) is 33.4. The molecule has 2 aliphatic heterocycles. The maximum absolute atomic E-state index is 12.1. The molecule has 0 radical (unpaired) electrons. The van der Waals surface area contributed by atoms with E-state index in [1.54, 1.807) is 17.3 Å². The summed E-state index contributed by atoms with van der Waals surface area (Å²) in [5.74, 6) is -0.578. The number of nitrogens with zero attached hydrogens (tertiary/aromatic N) is 6. The van der Waals surface area contributed by atoms with Gasteiger partial charge in [-0.05, 0) is 98.0 Å². The van der Waals surface area contributed by atoms with Crippen molar-refractivity contribution in [2.45, 2.75) is 86.0 Å². The van der Waals surface area contributed by atoms with E-state index in [0.717, 1.165) is 40.6 Å². The molecule has 3 heterocycles. The predicted octanol–water partition coefficient (Wildman–Crippen LogP) is 4.68. The van der Waals surface area contributed by atoms with Crippen molar-refractivity contribution in [1.82, 2.24) is 19.8 Å². The number of nitrogens with two attached hydrogens (primary N) is 3. The second kappa shape index (κ2) is 18.1. The van der Waals surface area contributed by atoms with Crippen molar-refractivity contribution >= 4 is 40.6 Å². The standard InChI is InChI=1S/C16H23N3O3.C15H21N3O3.C9H10N4O/c1-16(2,3)13(15(20)21)19-7-6-10-4-5-11(14(17)18-22)8-12(10)9-19;1-15(2,3)21-14(19)18-7-6-10-4-5-11(13(16)17-20)8-12(10)9-18;1-5-2-6(9(10)13-14)3-7-8(5)12-4-11-7/h4-5,8,13,22H,6-7,9H2,1-3H3,(H2,17,18)(H,20,21);4-5,8,20H,6-7,9H2,1-3H3,(H2,16,17);2-4,14H,1H3,(H2,10,13)(H,11,12). The molecule has 1 atom stereocenters. The van der Waals surface area contributed by atoms with Gasteiger partial charge < -0.3 is 52.6 Å². The molecule has 0 fully saturated rings. The summed E-state index contributed by atoms with van der Waals surface area (Å²) in [5, 5.41) is 44.6. The maximum atomic E-state index is 12.1. The van der Waals surface area contributed by atoms with E-state index in [4.69, 9.17) is 37.6 Å². The van der Waals surface area contributed by atoms with Gasteiger partial charge in [0, 0.05) is 42.9 Å². The van der Waals surface area contributed by atoms with Crippen molar-refractivity contribution in [3.8, 4) is 0 Å². The number of aromatic nitrogens is 2. The summed E-state index contributed by atoms with van der Waals surface area (Å²) in [6.45, 7) is 15.6. The summed E-state index contributed by atoms with van der Waals surface area (Å²) < 4.78 is 5.39. The minimum atomic E-state index is -0.802. The van der Waals surface area contributed by atoms with Crippen molar-refractivity contribution in [2.24, 2.45) is 38.1 Å². The lowest BCUT2D eigenvalue weighted by Crippen LogP contribution is -2.51. The van der Waals surface area contributed by atoms with Gasteiger partial charge in [0.15, 0.2) is 17.5 Å². The Bertz CT molecular complexity index is 2170. The topological polar surface area (TPSA) is 275 Å². The number of hydrogen-bond donors (Lipinski definition) is 8. The van der Waals surface area contributed by atoms with Gasteiger partial charge >= 0.3 is 12.1 Å². The first-order valence-corrected chi connectivity index (χ1v) is 18.3. The molecular formula is C40H54N10O7. The number of rotatable bonds is 5. The third-order valence-corrected chi connectivity index (χ3v) is 9.46. The molecule has 0 bridgehead atoms. The van der Waals surface area contributed by atoms with Gasteiger partial charge in [0.2, 0.25) is 0 Å². The molecule has 0 spiro atoms. The second-order valence-corrected chi connectivity index (χ2v) is 16.0. The highest BCUT2D eigenvalue weighted by atomic mass is 16.6. The first kappa shape index (κ1) is 43.4. The van der Waals surface area contributed by atoms with Gasteiger partial charge in [0.25, 0.3) is 0 Å². The molecule has 1 unspecified atom stereocenters. The van der Waals surface area contributed by atoms with Crippen LogP contribution in [0.15, 0.2) is 70.3 Å². The SMILES string of the molecule is CC(C)(C)C(C(=O)O)N1CCc2ccc(C(N)=NO)cc2C1.CC(C)(C)OC(=O)N1CCc2ccc(C(N)=NO)cc2C1.Cc1cc(C(N)=NO)cc2[nH]cnc12. The average Bonchev–Trinajstić information content (AvgIpc) is 3.65. The quantitative estimate of drug-likeness (QED) is 0.0593. The molecule has 306 valence electrons. The minimum absolute atomic E-state index is 0.0607.